The van der Waals surface area contributed by atoms with Crippen molar-refractivity contribution in [1.82, 2.24) is 10.1 Å². The van der Waals surface area contributed by atoms with E-state index in [0.717, 1.165) is 24.8 Å². The summed E-state index contributed by atoms with van der Waals surface area (Å²) in [5, 5.41) is 26.8. The molecule has 1 aliphatic carbocycles. The lowest BCUT2D eigenvalue weighted by Gasteiger charge is -2.31. The van der Waals surface area contributed by atoms with Crippen LogP contribution < -0.4 is 0 Å². The van der Waals surface area contributed by atoms with Gasteiger partial charge < -0.3 is 14.4 Å². The molecule has 3 atom stereocenters. The van der Waals surface area contributed by atoms with Crippen LogP contribution >= 0.6 is 34.5 Å². The number of fused-ring (bicyclic) bond motifs is 1. The highest BCUT2D eigenvalue weighted by molar-refractivity contribution is 7.18. The van der Waals surface area contributed by atoms with E-state index in [1.165, 1.54) is 17.4 Å². The molecule has 6 nitrogen and oxygen atoms in total. The number of aliphatic hydroxyl groups is 1. The van der Waals surface area contributed by atoms with Crippen molar-refractivity contribution < 1.29 is 18.8 Å². The van der Waals surface area contributed by atoms with Gasteiger partial charge in [-0.05, 0) is 62.3 Å². The lowest BCUT2D eigenvalue weighted by atomic mass is 9.86. The monoisotopic (exact) mass is 601 g/mol. The molecule has 1 aliphatic rings. The minimum Gasteiger partial charge on any atom is -0.382 e. The first-order valence-corrected chi connectivity index (χ1v) is 15.0. The van der Waals surface area contributed by atoms with E-state index in [1.807, 2.05) is 19.9 Å². The van der Waals surface area contributed by atoms with Crippen molar-refractivity contribution >= 4 is 44.8 Å². The number of aromatic nitrogens is 2. The first-order valence-electron chi connectivity index (χ1n) is 13.4. The van der Waals surface area contributed by atoms with Crippen LogP contribution in [-0.4, -0.2) is 21.4 Å². The fraction of sp³-hybridized carbons (Fsp3) is 0.433. The summed E-state index contributed by atoms with van der Waals surface area (Å²) in [6.07, 6.45) is 3.37. The van der Waals surface area contributed by atoms with E-state index in [2.05, 4.69) is 17.1 Å². The summed E-state index contributed by atoms with van der Waals surface area (Å²) >= 11 is 14.2. The van der Waals surface area contributed by atoms with Gasteiger partial charge in [-0.25, -0.2) is 9.37 Å². The molecule has 2 aromatic heterocycles. The number of nitrogens with zero attached hydrogens (tertiary/aromatic N) is 3. The Kier molecular flexibility index (Phi) is 8.51. The Morgan fingerprint density at radius 3 is 2.73 bits per heavy atom. The fourth-order valence-electron chi connectivity index (χ4n) is 5.60. The van der Waals surface area contributed by atoms with Crippen molar-refractivity contribution in [1.29, 1.82) is 5.26 Å². The molecule has 4 aromatic rings. The van der Waals surface area contributed by atoms with Crippen LogP contribution in [0, 0.1) is 23.1 Å². The number of ether oxygens (including phenoxy) is 1. The Labute approximate surface area is 246 Å². The number of hydrogen-bond acceptors (Lipinski definition) is 7. The summed E-state index contributed by atoms with van der Waals surface area (Å²) in [5.74, 6) is 0.128. The first-order chi connectivity index (χ1) is 19.2. The predicted octanol–water partition coefficient (Wildman–Crippen LogP) is 8.77. The van der Waals surface area contributed by atoms with Gasteiger partial charge in [0.2, 0.25) is 0 Å². The maximum Gasteiger partial charge on any atom is 0.151 e. The lowest BCUT2D eigenvalue weighted by molar-refractivity contribution is -0.0422. The quantitative estimate of drug-likeness (QED) is 0.206. The summed E-state index contributed by atoms with van der Waals surface area (Å²) in [4.78, 5) is 4.50. The summed E-state index contributed by atoms with van der Waals surface area (Å²) in [6, 6.07) is 10.1. The second-order valence-electron chi connectivity index (χ2n) is 10.7. The zero-order valence-corrected chi connectivity index (χ0v) is 24.8. The Balaban J connectivity index is 1.38. The van der Waals surface area contributed by atoms with E-state index in [-0.39, 0.29) is 35.6 Å². The molecule has 10 heteroatoms. The maximum absolute atomic E-state index is 14.6. The highest BCUT2D eigenvalue weighted by Crippen LogP contribution is 2.48. The van der Waals surface area contributed by atoms with Crippen LogP contribution in [-0.2, 0) is 16.9 Å². The maximum atomic E-state index is 14.6. The van der Waals surface area contributed by atoms with E-state index >= 15 is 0 Å². The van der Waals surface area contributed by atoms with Crippen LogP contribution in [0.25, 0.3) is 21.5 Å². The van der Waals surface area contributed by atoms with Crippen molar-refractivity contribution in [3.05, 3.63) is 68.1 Å². The van der Waals surface area contributed by atoms with Gasteiger partial charge in [0.05, 0.1) is 39.1 Å². The molecule has 210 valence electrons. The standard InChI is InChI=1S/C30H30Cl2FN3O3S/c1-4-19(38-15-20-26(36-39-28(20)16(2)3)25-21(31)8-5-9-22(25)32)13-18-7-6-10-30(18,37)29-35-27-23(33)11-17(14-34)12-24(27)40-29/h5,8-9,11-12,16,18-19,37H,4,6-7,10,13,15H2,1-3H3/t18-,19+,30-/m0/s1. The molecule has 1 N–H and O–H groups in total. The second-order valence-corrected chi connectivity index (χ2v) is 12.5. The minimum absolute atomic E-state index is 0.0714. The number of thiazole rings is 1. The largest absolute Gasteiger partial charge is 0.382 e. The van der Waals surface area contributed by atoms with E-state index in [9.17, 15) is 14.8 Å². The predicted molar refractivity (Wildman–Crippen MR) is 155 cm³/mol. The molecule has 0 spiro atoms. The Hall–Kier alpha value is -2.54. The third kappa shape index (κ3) is 5.38. The Morgan fingerprint density at radius 1 is 1.30 bits per heavy atom. The molecule has 0 unspecified atom stereocenters. The molecule has 1 fully saturated rings. The van der Waals surface area contributed by atoms with Crippen LogP contribution in [0.3, 0.4) is 0 Å². The van der Waals surface area contributed by atoms with Crippen LogP contribution in [0.2, 0.25) is 10.0 Å². The van der Waals surface area contributed by atoms with Gasteiger partial charge >= 0.3 is 0 Å². The van der Waals surface area contributed by atoms with Crippen LogP contribution in [0.15, 0.2) is 34.9 Å². The topological polar surface area (TPSA) is 92.2 Å². The van der Waals surface area contributed by atoms with E-state index < -0.39 is 11.4 Å². The molecular weight excluding hydrogens is 572 g/mol. The minimum atomic E-state index is -1.18. The number of rotatable bonds is 9. The second kappa shape index (κ2) is 11.8. The highest BCUT2D eigenvalue weighted by Gasteiger charge is 2.46. The SMILES string of the molecule is CC[C@H](C[C@@H]1CCC[C@@]1(O)c1nc2c(F)cc(C#N)cc2s1)OCc1c(-c2c(Cl)cccc2Cl)noc1C(C)C. The van der Waals surface area contributed by atoms with Crippen LogP contribution in [0.1, 0.15) is 80.7 Å². The van der Waals surface area contributed by atoms with Gasteiger partial charge in [0.25, 0.3) is 0 Å². The number of nitriles is 1. The normalized spacial score (nSPS) is 19.9. The molecule has 2 heterocycles. The summed E-state index contributed by atoms with van der Waals surface area (Å²) in [6.45, 7) is 6.36. The van der Waals surface area contributed by atoms with Gasteiger partial charge in [0, 0.05) is 17.0 Å². The average molecular weight is 603 g/mol. The van der Waals surface area contributed by atoms with E-state index in [1.54, 1.807) is 24.3 Å². The molecule has 40 heavy (non-hydrogen) atoms. The van der Waals surface area contributed by atoms with Crippen molar-refractivity contribution in [2.45, 2.75) is 77.1 Å². The van der Waals surface area contributed by atoms with Gasteiger partial charge in [-0.2, -0.15) is 5.26 Å². The van der Waals surface area contributed by atoms with Gasteiger partial charge in [0.1, 0.15) is 27.6 Å². The first kappa shape index (κ1) is 29.0. The molecule has 1 saturated carbocycles. The van der Waals surface area contributed by atoms with Gasteiger partial charge in [-0.3, -0.25) is 0 Å². The smallest absolute Gasteiger partial charge is 0.151 e. The zero-order chi connectivity index (χ0) is 28.6. The van der Waals surface area contributed by atoms with Crippen molar-refractivity contribution in [3.8, 4) is 17.3 Å². The highest BCUT2D eigenvalue weighted by atomic mass is 35.5. The van der Waals surface area contributed by atoms with Crippen LogP contribution in [0.5, 0.6) is 0 Å². The van der Waals surface area contributed by atoms with Gasteiger partial charge in [-0.15, -0.1) is 11.3 Å². The Morgan fingerprint density at radius 2 is 2.05 bits per heavy atom. The van der Waals surface area contributed by atoms with Gasteiger partial charge in [0.15, 0.2) is 5.82 Å². The molecule has 0 radical (unpaired) electrons. The fourth-order valence-corrected chi connectivity index (χ4v) is 7.39. The molecule has 0 bridgehead atoms. The van der Waals surface area contributed by atoms with Gasteiger partial charge in [-0.1, -0.05) is 55.2 Å². The van der Waals surface area contributed by atoms with E-state index in [0.29, 0.717) is 49.6 Å². The Bertz CT molecular complexity index is 1560. The third-order valence-corrected chi connectivity index (χ3v) is 9.54. The van der Waals surface area contributed by atoms with Crippen molar-refractivity contribution in [2.75, 3.05) is 0 Å². The number of benzene rings is 2. The number of hydrogen-bond donors (Lipinski definition) is 1. The summed E-state index contributed by atoms with van der Waals surface area (Å²) in [5.41, 5.74) is 1.24. The molecule has 2 aromatic carbocycles. The average Bonchev–Trinajstić information content (AvgIpc) is 3.64. The molecular formula is C30H30Cl2FN3O3S. The molecule has 0 amide bonds. The van der Waals surface area contributed by atoms with Crippen molar-refractivity contribution in [2.24, 2.45) is 5.92 Å². The molecule has 0 saturated heterocycles. The molecule has 0 aliphatic heterocycles. The summed E-state index contributed by atoms with van der Waals surface area (Å²) in [7, 11) is 0. The number of halogens is 3. The van der Waals surface area contributed by atoms with E-state index in [4.69, 9.17) is 32.5 Å². The lowest BCUT2D eigenvalue weighted by Crippen LogP contribution is -2.33. The summed E-state index contributed by atoms with van der Waals surface area (Å²) < 4.78 is 27.4. The van der Waals surface area contributed by atoms with Crippen molar-refractivity contribution in [3.63, 3.8) is 0 Å². The third-order valence-electron chi connectivity index (χ3n) is 7.74. The molecule has 5 rings (SSSR count). The zero-order valence-electron chi connectivity index (χ0n) is 22.5. The van der Waals surface area contributed by atoms with Crippen LogP contribution in [0.4, 0.5) is 4.39 Å².